The molecule has 1 amide bonds. The van der Waals surface area contributed by atoms with E-state index in [2.05, 4.69) is 48.1 Å². The van der Waals surface area contributed by atoms with Crippen LogP contribution in [0.25, 0.3) is 0 Å². The van der Waals surface area contributed by atoms with E-state index in [-0.39, 0.29) is 33.5 Å². The van der Waals surface area contributed by atoms with Gasteiger partial charge in [0.25, 0.3) is 5.91 Å². The first-order valence-electron chi connectivity index (χ1n) is 14.3. The number of allylic oxidation sites excluding steroid dienone is 1. The highest BCUT2D eigenvalue weighted by atomic mass is 16.5. The molecule has 5 saturated carbocycles. The van der Waals surface area contributed by atoms with Crippen LogP contribution in [-0.4, -0.2) is 29.0 Å². The summed E-state index contributed by atoms with van der Waals surface area (Å²) in [6.07, 6.45) is 10.3. The molecule has 0 saturated heterocycles. The van der Waals surface area contributed by atoms with Crippen molar-refractivity contribution in [2.24, 2.45) is 56.7 Å². The maximum Gasteiger partial charge on any atom is 0.252 e. The molecule has 0 unspecified atom stereocenters. The molecule has 196 valence electrons. The van der Waals surface area contributed by atoms with Crippen LogP contribution in [0, 0.1) is 56.7 Å². The van der Waals surface area contributed by atoms with Gasteiger partial charge in [-0.1, -0.05) is 46.8 Å². The molecule has 0 aromatic rings. The van der Waals surface area contributed by atoms with Crippen LogP contribution in [0.3, 0.4) is 0 Å². The van der Waals surface area contributed by atoms with Crippen molar-refractivity contribution in [3.05, 3.63) is 12.2 Å². The Labute approximate surface area is 213 Å². The van der Waals surface area contributed by atoms with Crippen LogP contribution in [0.5, 0.6) is 0 Å². The van der Waals surface area contributed by atoms with Crippen molar-refractivity contribution < 1.29 is 14.8 Å². The van der Waals surface area contributed by atoms with Gasteiger partial charge in [-0.25, -0.2) is 5.06 Å². The lowest BCUT2D eigenvalue weighted by Gasteiger charge is -2.72. The second kappa shape index (κ2) is 7.68. The molecule has 0 heterocycles. The molecule has 0 aromatic carbocycles. The minimum atomic E-state index is -0.444. The summed E-state index contributed by atoms with van der Waals surface area (Å²) in [5, 5.41) is 11.2. The Morgan fingerprint density at radius 1 is 0.914 bits per heavy atom. The topological polar surface area (TPSA) is 57.6 Å². The standard InChI is InChI=1S/C31H49NO3/c1-19(2)20-11-16-31(26(34)32(8)35)18-17-29(6)21(25(20)31)9-10-23-28(5)14-13-24(33)27(3,4)22(28)12-15-30(23,29)7/h20-23,25,35H,1,9-18H2,2-8H3/t20-,21+,22-,23+,25+,28-,29+,30+,31-/m0/s1. The summed E-state index contributed by atoms with van der Waals surface area (Å²) in [5.41, 5.74) is 1.13. The van der Waals surface area contributed by atoms with E-state index < -0.39 is 5.41 Å². The molecule has 4 heteroatoms. The van der Waals surface area contributed by atoms with E-state index in [0.29, 0.717) is 29.5 Å². The fourth-order valence-corrected chi connectivity index (χ4v) is 11.6. The van der Waals surface area contributed by atoms with Crippen LogP contribution < -0.4 is 0 Å². The number of fused-ring (bicyclic) bond motifs is 7. The van der Waals surface area contributed by atoms with Crippen molar-refractivity contribution in [3.63, 3.8) is 0 Å². The van der Waals surface area contributed by atoms with Crippen LogP contribution in [0.1, 0.15) is 106 Å². The molecule has 5 rings (SSSR count). The van der Waals surface area contributed by atoms with Gasteiger partial charge < -0.3 is 0 Å². The monoisotopic (exact) mass is 483 g/mol. The molecule has 4 nitrogen and oxygen atoms in total. The van der Waals surface area contributed by atoms with Crippen LogP contribution >= 0.6 is 0 Å². The molecule has 0 aliphatic heterocycles. The Morgan fingerprint density at radius 2 is 1.60 bits per heavy atom. The second-order valence-corrected chi connectivity index (χ2v) is 14.8. The van der Waals surface area contributed by atoms with E-state index in [4.69, 9.17) is 0 Å². The fraction of sp³-hybridized carbons (Fsp3) is 0.871. The molecule has 5 aliphatic carbocycles. The maximum absolute atomic E-state index is 13.6. The highest BCUT2D eigenvalue weighted by Crippen LogP contribution is 2.77. The minimum Gasteiger partial charge on any atom is -0.299 e. The summed E-state index contributed by atoms with van der Waals surface area (Å²) in [6, 6.07) is 0. The number of carbonyl (C=O) groups is 2. The average molecular weight is 484 g/mol. The Bertz CT molecular complexity index is 953. The van der Waals surface area contributed by atoms with Gasteiger partial charge in [-0.05, 0) is 111 Å². The Balaban J connectivity index is 1.57. The number of nitrogens with zero attached hydrogens (tertiary/aromatic N) is 1. The summed E-state index contributed by atoms with van der Waals surface area (Å²) in [5.74, 6) is 2.60. The highest BCUT2D eigenvalue weighted by Gasteiger charge is 2.72. The Hall–Kier alpha value is -1.16. The van der Waals surface area contributed by atoms with Gasteiger partial charge in [0.2, 0.25) is 0 Å². The first kappa shape index (κ1) is 25.5. The number of amides is 1. The zero-order valence-electron chi connectivity index (χ0n) is 23.4. The van der Waals surface area contributed by atoms with Gasteiger partial charge in [0.15, 0.2) is 0 Å². The second-order valence-electron chi connectivity index (χ2n) is 14.8. The molecule has 0 bridgehead atoms. The first-order chi connectivity index (χ1) is 16.2. The molecular weight excluding hydrogens is 434 g/mol. The SMILES string of the molecule is C=C(C)[C@@H]1CC[C@]2(C(=O)N(C)O)CC[C@]3(C)[C@H](CC[C@@H]4[C@@]5(C)CCC(=O)C(C)(C)[C@@H]5CC[C@]43C)[C@@H]12. The van der Waals surface area contributed by atoms with E-state index in [1.54, 1.807) is 0 Å². The molecule has 5 fully saturated rings. The number of hydroxylamine groups is 2. The van der Waals surface area contributed by atoms with Gasteiger partial charge >= 0.3 is 0 Å². The maximum atomic E-state index is 13.6. The van der Waals surface area contributed by atoms with Crippen LogP contribution in [0.15, 0.2) is 12.2 Å². The molecule has 0 aromatic heterocycles. The van der Waals surface area contributed by atoms with Gasteiger partial charge in [-0.3, -0.25) is 14.8 Å². The summed E-state index contributed by atoms with van der Waals surface area (Å²) in [6.45, 7) is 18.7. The van der Waals surface area contributed by atoms with E-state index in [9.17, 15) is 14.8 Å². The van der Waals surface area contributed by atoms with Crippen LogP contribution in [0.2, 0.25) is 0 Å². The normalized spacial score (nSPS) is 50.4. The summed E-state index contributed by atoms with van der Waals surface area (Å²) in [4.78, 5) is 26.5. The van der Waals surface area contributed by atoms with E-state index in [0.717, 1.165) is 56.4 Å². The van der Waals surface area contributed by atoms with Crippen LogP contribution in [0.4, 0.5) is 0 Å². The molecule has 35 heavy (non-hydrogen) atoms. The molecule has 9 atom stereocenters. The van der Waals surface area contributed by atoms with Crippen molar-refractivity contribution >= 4 is 11.7 Å². The molecular formula is C31H49NO3. The number of hydrogen-bond acceptors (Lipinski definition) is 3. The molecule has 5 aliphatic rings. The van der Waals surface area contributed by atoms with Crippen molar-refractivity contribution in [2.45, 2.75) is 106 Å². The number of Topliss-reactive ketones (excluding diaryl/α,β-unsaturated/α-hetero) is 1. The summed E-state index contributed by atoms with van der Waals surface area (Å²) in [7, 11) is 1.52. The predicted molar refractivity (Wildman–Crippen MR) is 139 cm³/mol. The number of carbonyl (C=O) groups excluding carboxylic acids is 2. The third-order valence-electron chi connectivity index (χ3n) is 13.5. The highest BCUT2D eigenvalue weighted by molar-refractivity contribution is 5.85. The molecule has 1 N–H and O–H groups in total. The third-order valence-corrected chi connectivity index (χ3v) is 13.5. The fourth-order valence-electron chi connectivity index (χ4n) is 11.6. The molecule has 0 radical (unpaired) electrons. The Kier molecular flexibility index (Phi) is 5.59. The summed E-state index contributed by atoms with van der Waals surface area (Å²) >= 11 is 0. The van der Waals surface area contributed by atoms with Gasteiger partial charge in [0, 0.05) is 18.9 Å². The third kappa shape index (κ3) is 3.01. The van der Waals surface area contributed by atoms with Gasteiger partial charge in [0.05, 0.1) is 5.41 Å². The van der Waals surface area contributed by atoms with Crippen molar-refractivity contribution in [3.8, 4) is 0 Å². The van der Waals surface area contributed by atoms with Gasteiger partial charge in [-0.15, -0.1) is 0 Å². The smallest absolute Gasteiger partial charge is 0.252 e. The lowest BCUT2D eigenvalue weighted by atomic mass is 9.32. The van der Waals surface area contributed by atoms with Gasteiger partial charge in [0.1, 0.15) is 5.78 Å². The average Bonchev–Trinajstić information content (AvgIpc) is 3.17. The van der Waals surface area contributed by atoms with Crippen molar-refractivity contribution in [2.75, 3.05) is 7.05 Å². The van der Waals surface area contributed by atoms with Gasteiger partial charge in [-0.2, -0.15) is 0 Å². The zero-order valence-corrected chi connectivity index (χ0v) is 23.4. The first-order valence-corrected chi connectivity index (χ1v) is 14.3. The molecule has 0 spiro atoms. The summed E-state index contributed by atoms with van der Waals surface area (Å²) < 4.78 is 0. The predicted octanol–water partition coefficient (Wildman–Crippen LogP) is 7.06. The minimum absolute atomic E-state index is 0.0659. The van der Waals surface area contributed by atoms with Crippen LogP contribution in [-0.2, 0) is 9.59 Å². The van der Waals surface area contributed by atoms with Crippen molar-refractivity contribution in [1.29, 1.82) is 0 Å². The lowest BCUT2D eigenvalue weighted by molar-refractivity contribution is -0.237. The Morgan fingerprint density at radius 3 is 2.23 bits per heavy atom. The lowest BCUT2D eigenvalue weighted by Crippen LogP contribution is -2.67. The van der Waals surface area contributed by atoms with Crippen molar-refractivity contribution in [1.82, 2.24) is 5.06 Å². The largest absolute Gasteiger partial charge is 0.299 e. The number of rotatable bonds is 2. The van der Waals surface area contributed by atoms with E-state index in [1.165, 1.54) is 25.5 Å². The van der Waals surface area contributed by atoms with E-state index in [1.807, 2.05) is 0 Å². The zero-order chi connectivity index (χ0) is 25.8. The number of hydrogen-bond donors (Lipinski definition) is 1. The number of ketones is 1. The van der Waals surface area contributed by atoms with E-state index >= 15 is 0 Å². The quantitative estimate of drug-likeness (QED) is 0.260.